The molecule has 0 fully saturated rings. The van der Waals surface area contributed by atoms with E-state index in [1.807, 2.05) is 6.07 Å². The quantitative estimate of drug-likeness (QED) is 0.254. The number of nitrogens with zero attached hydrogens (tertiary/aromatic N) is 1. The highest BCUT2D eigenvalue weighted by Gasteiger charge is 2.25. The van der Waals surface area contributed by atoms with Crippen LogP contribution in [0.5, 0.6) is 5.75 Å². The lowest BCUT2D eigenvalue weighted by molar-refractivity contribution is -0.134. The summed E-state index contributed by atoms with van der Waals surface area (Å²) in [5.41, 5.74) is 2.77. The molecule has 1 unspecified atom stereocenters. The summed E-state index contributed by atoms with van der Waals surface area (Å²) in [6.45, 7) is 9.01. The Bertz CT molecular complexity index is 808. The van der Waals surface area contributed by atoms with Gasteiger partial charge in [-0.3, -0.25) is 9.69 Å². The fourth-order valence-electron chi connectivity index (χ4n) is 4.73. The molecule has 2 aromatic carbocycles. The number of carbonyl (C=O) groups excluding carboxylic acids is 1. The van der Waals surface area contributed by atoms with E-state index in [1.165, 1.54) is 47.6 Å². The molecule has 0 saturated heterocycles. The highest BCUT2D eigenvalue weighted by Crippen LogP contribution is 2.35. The number of ether oxygens (including phenoxy) is 1. The molecule has 3 rings (SSSR count). The summed E-state index contributed by atoms with van der Waals surface area (Å²) in [5.74, 6) is 0.609. The third-order valence-electron chi connectivity index (χ3n) is 6.03. The van der Waals surface area contributed by atoms with E-state index in [2.05, 4.69) is 49.9 Å². The molecule has 29 heavy (non-hydrogen) atoms. The maximum Gasteiger partial charge on any atom is 0.311 e. The molecule has 158 valence electrons. The maximum atomic E-state index is 12.3. The fourth-order valence-corrected chi connectivity index (χ4v) is 4.73. The molecule has 0 bridgehead atoms. The molecule has 3 heteroatoms. The molecular weight excluding hydrogens is 358 g/mol. The van der Waals surface area contributed by atoms with E-state index >= 15 is 0 Å². The minimum Gasteiger partial charge on any atom is -0.426 e. The van der Waals surface area contributed by atoms with Crippen molar-refractivity contribution in [2.24, 2.45) is 0 Å². The van der Waals surface area contributed by atoms with Crippen molar-refractivity contribution in [3.05, 3.63) is 41.5 Å². The van der Waals surface area contributed by atoms with Gasteiger partial charge in [-0.2, -0.15) is 0 Å². The van der Waals surface area contributed by atoms with Gasteiger partial charge in [0.25, 0.3) is 0 Å². The normalized spacial score (nSPS) is 15.8. The van der Waals surface area contributed by atoms with Crippen LogP contribution in [0.4, 0.5) is 0 Å². The topological polar surface area (TPSA) is 29.5 Å². The highest BCUT2D eigenvalue weighted by atomic mass is 16.5. The fraction of sp³-hybridized carbons (Fsp3) is 0.577. The Labute approximate surface area is 176 Å². The highest BCUT2D eigenvalue weighted by molar-refractivity contribution is 5.91. The van der Waals surface area contributed by atoms with Gasteiger partial charge >= 0.3 is 5.97 Å². The van der Waals surface area contributed by atoms with Crippen LogP contribution in [0, 0.1) is 0 Å². The van der Waals surface area contributed by atoms with Crippen LogP contribution in [-0.2, 0) is 17.6 Å². The van der Waals surface area contributed by atoms with Gasteiger partial charge in [0, 0.05) is 12.5 Å². The minimum atomic E-state index is -0.102. The molecule has 1 aliphatic carbocycles. The van der Waals surface area contributed by atoms with Crippen molar-refractivity contribution in [3.8, 4) is 5.75 Å². The standard InChI is InChI=1S/C26H37NO2/c1-4-7-8-9-13-25(28)29-24-18-21-12-10-11-20-16-23(17-22(19-24)26(20)21)27(14-5-2)15-6-3/h10-12,18-19,23H,4-9,13-17H2,1-3H3. The van der Waals surface area contributed by atoms with Crippen LogP contribution < -0.4 is 4.74 Å². The number of hydrogen-bond acceptors (Lipinski definition) is 3. The van der Waals surface area contributed by atoms with Crippen molar-refractivity contribution < 1.29 is 9.53 Å². The molecule has 0 spiro atoms. The summed E-state index contributed by atoms with van der Waals surface area (Å²) < 4.78 is 5.75. The average molecular weight is 396 g/mol. The van der Waals surface area contributed by atoms with Crippen molar-refractivity contribution in [3.63, 3.8) is 0 Å². The summed E-state index contributed by atoms with van der Waals surface area (Å²) >= 11 is 0. The Balaban J connectivity index is 1.79. The molecule has 0 heterocycles. The molecular formula is C26H37NO2. The lowest BCUT2D eigenvalue weighted by atomic mass is 9.84. The van der Waals surface area contributed by atoms with Gasteiger partial charge in [0.1, 0.15) is 5.75 Å². The Hall–Kier alpha value is -1.87. The van der Waals surface area contributed by atoms with Gasteiger partial charge in [-0.25, -0.2) is 0 Å². The van der Waals surface area contributed by atoms with Crippen molar-refractivity contribution in [1.82, 2.24) is 4.90 Å². The van der Waals surface area contributed by atoms with Gasteiger partial charge < -0.3 is 4.74 Å². The van der Waals surface area contributed by atoms with Crippen LogP contribution in [-0.4, -0.2) is 30.0 Å². The summed E-state index contributed by atoms with van der Waals surface area (Å²) in [4.78, 5) is 15.0. The summed E-state index contributed by atoms with van der Waals surface area (Å²) in [7, 11) is 0. The third-order valence-corrected chi connectivity index (χ3v) is 6.03. The molecule has 0 saturated carbocycles. The lowest BCUT2D eigenvalue weighted by Gasteiger charge is -2.35. The van der Waals surface area contributed by atoms with Crippen molar-refractivity contribution in [1.29, 1.82) is 0 Å². The molecule has 3 nitrogen and oxygen atoms in total. The van der Waals surface area contributed by atoms with E-state index in [1.54, 1.807) is 0 Å². The van der Waals surface area contributed by atoms with Gasteiger partial charge in [0.2, 0.25) is 0 Å². The first-order valence-corrected chi connectivity index (χ1v) is 11.7. The molecule has 0 amide bonds. The summed E-state index contributed by atoms with van der Waals surface area (Å²) in [5, 5.41) is 2.57. The Morgan fingerprint density at radius 3 is 2.45 bits per heavy atom. The van der Waals surface area contributed by atoms with Gasteiger partial charge in [0.05, 0.1) is 0 Å². The molecule has 0 aliphatic heterocycles. The minimum absolute atomic E-state index is 0.102. The SMILES string of the molecule is CCCCCCC(=O)Oc1cc2c3c(cccc3c1)CC(N(CCC)CCC)C2. The van der Waals surface area contributed by atoms with E-state index in [0.717, 1.165) is 38.8 Å². The Morgan fingerprint density at radius 2 is 1.72 bits per heavy atom. The van der Waals surface area contributed by atoms with Gasteiger partial charge in [-0.05, 0) is 79.2 Å². The van der Waals surface area contributed by atoms with Crippen LogP contribution in [0.1, 0.15) is 76.8 Å². The van der Waals surface area contributed by atoms with Gasteiger partial charge in [0.15, 0.2) is 0 Å². The van der Waals surface area contributed by atoms with Crippen LogP contribution in [0.2, 0.25) is 0 Å². The molecule has 0 N–H and O–H groups in total. The maximum absolute atomic E-state index is 12.3. The summed E-state index contributed by atoms with van der Waals surface area (Å²) in [6, 6.07) is 11.3. The number of esters is 1. The van der Waals surface area contributed by atoms with E-state index in [4.69, 9.17) is 4.74 Å². The number of hydrogen-bond donors (Lipinski definition) is 0. The number of unbranched alkanes of at least 4 members (excludes halogenated alkanes) is 3. The second kappa shape index (κ2) is 10.8. The predicted molar refractivity (Wildman–Crippen MR) is 122 cm³/mol. The van der Waals surface area contributed by atoms with Gasteiger partial charge in [-0.1, -0.05) is 58.2 Å². The predicted octanol–water partition coefficient (Wildman–Crippen LogP) is 6.30. The average Bonchev–Trinajstić information content (AvgIpc) is 2.71. The lowest BCUT2D eigenvalue weighted by Crippen LogP contribution is -2.41. The smallest absolute Gasteiger partial charge is 0.311 e. The third kappa shape index (κ3) is 5.60. The second-order valence-corrected chi connectivity index (χ2v) is 8.48. The van der Waals surface area contributed by atoms with Crippen LogP contribution >= 0.6 is 0 Å². The first-order chi connectivity index (χ1) is 14.2. The van der Waals surface area contributed by atoms with Crippen LogP contribution in [0.15, 0.2) is 30.3 Å². The first kappa shape index (κ1) is 21.8. The largest absolute Gasteiger partial charge is 0.426 e. The molecule has 1 aliphatic rings. The zero-order valence-corrected chi connectivity index (χ0v) is 18.5. The molecule has 0 aromatic heterocycles. The number of rotatable bonds is 11. The van der Waals surface area contributed by atoms with E-state index in [-0.39, 0.29) is 5.97 Å². The molecule has 1 atom stereocenters. The second-order valence-electron chi connectivity index (χ2n) is 8.48. The molecule has 0 radical (unpaired) electrons. The van der Waals surface area contributed by atoms with E-state index in [0.29, 0.717) is 18.2 Å². The zero-order valence-electron chi connectivity index (χ0n) is 18.5. The number of benzene rings is 2. The summed E-state index contributed by atoms with van der Waals surface area (Å²) in [6.07, 6.45) is 9.41. The van der Waals surface area contributed by atoms with Crippen molar-refractivity contribution in [2.75, 3.05) is 13.1 Å². The van der Waals surface area contributed by atoms with Crippen LogP contribution in [0.25, 0.3) is 10.8 Å². The van der Waals surface area contributed by atoms with Gasteiger partial charge in [-0.15, -0.1) is 0 Å². The Morgan fingerprint density at radius 1 is 0.966 bits per heavy atom. The monoisotopic (exact) mass is 395 g/mol. The van der Waals surface area contributed by atoms with E-state index < -0.39 is 0 Å². The Kier molecular flexibility index (Phi) is 8.11. The van der Waals surface area contributed by atoms with E-state index in [9.17, 15) is 4.79 Å². The van der Waals surface area contributed by atoms with Crippen molar-refractivity contribution in [2.45, 2.75) is 84.6 Å². The van der Waals surface area contributed by atoms with Crippen LogP contribution in [0.3, 0.4) is 0 Å². The number of carbonyl (C=O) groups is 1. The molecule has 2 aromatic rings. The zero-order chi connectivity index (χ0) is 20.6. The first-order valence-electron chi connectivity index (χ1n) is 11.7. The van der Waals surface area contributed by atoms with Crippen molar-refractivity contribution >= 4 is 16.7 Å².